The van der Waals surface area contributed by atoms with Gasteiger partial charge in [0.15, 0.2) is 18.6 Å². The normalized spacial score (nSPS) is 12.8. The number of carbonyl (C=O) groups is 4. The highest BCUT2D eigenvalue weighted by Crippen LogP contribution is 2.54. The van der Waals surface area contributed by atoms with E-state index in [1.165, 1.54) is 0 Å². The van der Waals surface area contributed by atoms with Gasteiger partial charge in [-0.25, -0.2) is 36.7 Å². The highest BCUT2D eigenvalue weighted by Gasteiger charge is 2.75. The van der Waals surface area contributed by atoms with Crippen LogP contribution in [0.2, 0.25) is 0 Å². The summed E-state index contributed by atoms with van der Waals surface area (Å²) in [7, 11) is 0. The number of hydrogen-bond donors (Lipinski definition) is 0. The Bertz CT molecular complexity index is 1200. The smallest absolute Gasteiger partial charge is 0.378 e. The highest BCUT2D eigenvalue weighted by molar-refractivity contribution is 5.82. The van der Waals surface area contributed by atoms with Crippen LogP contribution in [0.1, 0.15) is 12.8 Å². The molecule has 0 saturated heterocycles. The Balaban J connectivity index is 0. The molecule has 0 aliphatic heterocycles. The zero-order valence-corrected chi connectivity index (χ0v) is 28.1. The Labute approximate surface area is 299 Å². The van der Waals surface area contributed by atoms with Crippen molar-refractivity contribution in [3.05, 3.63) is 58.0 Å². The molecule has 0 fully saturated rings. The van der Waals surface area contributed by atoms with Crippen LogP contribution in [0.5, 0.6) is 0 Å². The second-order valence-electron chi connectivity index (χ2n) is 10.2. The predicted molar refractivity (Wildman–Crippen MR) is 156 cm³/mol. The van der Waals surface area contributed by atoms with Crippen LogP contribution >= 0.6 is 0 Å². The van der Waals surface area contributed by atoms with Gasteiger partial charge in [-0.15, -0.1) is 0 Å². The molecule has 0 aliphatic carbocycles. The molecule has 0 radical (unpaired) electrons. The van der Waals surface area contributed by atoms with E-state index in [1.807, 2.05) is 0 Å². The summed E-state index contributed by atoms with van der Waals surface area (Å²) in [5, 5.41) is 0. The highest BCUT2D eigenvalue weighted by atomic mass is 19.3. The van der Waals surface area contributed by atoms with Gasteiger partial charge in [-0.05, 0) is 0 Å². The summed E-state index contributed by atoms with van der Waals surface area (Å²) < 4.78 is 210. The van der Waals surface area contributed by atoms with Crippen molar-refractivity contribution < 1.29 is 110 Å². The number of hydrogen-bond acceptors (Lipinski definition) is 12. The molecule has 0 N–H and O–H groups in total. The Hall–Kier alpha value is -4.16. The van der Waals surface area contributed by atoms with Crippen molar-refractivity contribution in [2.24, 2.45) is 5.41 Å². The van der Waals surface area contributed by atoms with Crippen LogP contribution in [-0.2, 0) is 57.1 Å². The summed E-state index contributed by atoms with van der Waals surface area (Å²) in [4.78, 5) is 44.5. The van der Waals surface area contributed by atoms with Crippen molar-refractivity contribution in [2.45, 2.75) is 49.1 Å². The van der Waals surface area contributed by atoms with Crippen molar-refractivity contribution in [2.75, 3.05) is 52.9 Å². The maximum atomic E-state index is 15.8. The Morgan fingerprint density at radius 1 is 0.444 bits per heavy atom. The molecule has 54 heavy (non-hydrogen) atoms. The minimum atomic E-state index is -6.40. The lowest BCUT2D eigenvalue weighted by molar-refractivity contribution is -0.497. The van der Waals surface area contributed by atoms with E-state index in [0.717, 1.165) is 0 Å². The maximum Gasteiger partial charge on any atom is 0.378 e. The van der Waals surface area contributed by atoms with Crippen LogP contribution in [0.4, 0.5) is 52.7 Å². The first-order chi connectivity index (χ1) is 24.1. The summed E-state index contributed by atoms with van der Waals surface area (Å²) in [6.07, 6.45) is -26.2. The van der Waals surface area contributed by atoms with Gasteiger partial charge in [0.05, 0.1) is 39.3 Å². The van der Waals surface area contributed by atoms with E-state index in [0.29, 0.717) is 24.3 Å². The third kappa shape index (κ3) is 18.2. The van der Waals surface area contributed by atoms with Gasteiger partial charge < -0.3 is 35.8 Å². The monoisotopic (exact) mass is 815 g/mol. The van der Waals surface area contributed by atoms with Gasteiger partial charge in [0.2, 0.25) is 0 Å². The molecule has 0 unspecified atom stereocenters. The summed E-state index contributed by atoms with van der Waals surface area (Å²) in [5.74, 6) is -14.8. The third-order valence-electron chi connectivity index (χ3n) is 5.79. The molecule has 0 saturated carbocycles. The minimum Gasteiger partial charge on any atom is -0.462 e. The van der Waals surface area contributed by atoms with Gasteiger partial charge in [-0.3, -0.25) is 9.47 Å². The quantitative estimate of drug-likeness (QED) is 0.0309. The Morgan fingerprint density at radius 2 is 0.722 bits per heavy atom. The molecule has 0 atom stereocenters. The number of carbonyl (C=O) groups excluding carboxylic acids is 4. The number of rotatable bonds is 28. The molecule has 0 amide bonds. The van der Waals surface area contributed by atoms with E-state index in [1.54, 1.807) is 0 Å². The fourth-order valence-electron chi connectivity index (χ4n) is 3.18. The first-order valence-electron chi connectivity index (χ1n) is 14.1. The second kappa shape index (κ2) is 21.7. The standard InChI is InChI=1S/C29H32F12O12.CH3/c1-5-19(42)48-11-9-26(34,35)52-28(38,39)23(13-46-15-24(30,31)17-50-21(44)7-3,14-47-16-25(32,33)18-51-22(45)8-4)29(40,41)53-27(36,37)10-12-49-20(43)6-2;/h5-8H,1-4,9-18H2;1H3/q;-1. The van der Waals surface area contributed by atoms with Gasteiger partial charge in [-0.1, -0.05) is 26.3 Å². The van der Waals surface area contributed by atoms with Crippen LogP contribution in [-0.4, -0.2) is 113 Å². The lowest BCUT2D eigenvalue weighted by Crippen LogP contribution is -2.64. The lowest BCUT2D eigenvalue weighted by Gasteiger charge is -2.44. The van der Waals surface area contributed by atoms with E-state index in [-0.39, 0.29) is 7.43 Å². The van der Waals surface area contributed by atoms with Crippen LogP contribution in [0, 0.1) is 12.8 Å². The van der Waals surface area contributed by atoms with Gasteiger partial charge in [0, 0.05) is 24.3 Å². The molecule has 0 aromatic carbocycles. The number of esters is 4. The van der Waals surface area contributed by atoms with Crippen LogP contribution in [0.15, 0.2) is 50.6 Å². The van der Waals surface area contributed by atoms with Crippen molar-refractivity contribution >= 4 is 23.9 Å². The molecular formula is C30H35F12O12-. The molecule has 0 aromatic rings. The molecule has 0 aromatic heterocycles. The first-order valence-corrected chi connectivity index (χ1v) is 14.1. The molecule has 0 rings (SSSR count). The topological polar surface area (TPSA) is 142 Å². The van der Waals surface area contributed by atoms with Gasteiger partial charge in [0.1, 0.15) is 13.2 Å². The van der Waals surface area contributed by atoms with Gasteiger partial charge >= 0.3 is 60.2 Å². The Kier molecular flexibility index (Phi) is 20.8. The molecule has 0 bridgehead atoms. The number of halogens is 12. The summed E-state index contributed by atoms with van der Waals surface area (Å²) in [6, 6.07) is 0. The fraction of sp³-hybridized carbons (Fsp3) is 0.567. The van der Waals surface area contributed by atoms with Crippen LogP contribution < -0.4 is 0 Å². The van der Waals surface area contributed by atoms with E-state index >= 15 is 17.6 Å². The average molecular weight is 816 g/mol. The van der Waals surface area contributed by atoms with Gasteiger partial charge in [0.25, 0.3) is 0 Å². The zero-order chi connectivity index (χ0) is 41.4. The average Bonchev–Trinajstić information content (AvgIpc) is 3.03. The largest absolute Gasteiger partial charge is 0.462 e. The molecule has 312 valence electrons. The number of alkyl halides is 12. The molecular weight excluding hydrogens is 780 g/mol. The minimum absolute atomic E-state index is 0. The van der Waals surface area contributed by atoms with Gasteiger partial charge in [-0.2, -0.15) is 35.1 Å². The first kappa shape index (κ1) is 51.9. The maximum absolute atomic E-state index is 15.8. The fourth-order valence-corrected chi connectivity index (χ4v) is 3.18. The number of ether oxygens (including phenoxy) is 8. The van der Waals surface area contributed by atoms with Crippen molar-refractivity contribution in [1.29, 1.82) is 0 Å². The second-order valence-corrected chi connectivity index (χ2v) is 10.2. The predicted octanol–water partition coefficient (Wildman–Crippen LogP) is 5.83. The third-order valence-corrected chi connectivity index (χ3v) is 5.79. The van der Waals surface area contributed by atoms with Crippen LogP contribution in [0.3, 0.4) is 0 Å². The van der Waals surface area contributed by atoms with E-state index in [4.69, 9.17) is 0 Å². The van der Waals surface area contributed by atoms with Crippen LogP contribution in [0.25, 0.3) is 0 Å². The summed E-state index contributed by atoms with van der Waals surface area (Å²) in [5.41, 5.74) is -5.38. The van der Waals surface area contributed by atoms with Crippen molar-refractivity contribution in [3.63, 3.8) is 0 Å². The molecule has 0 spiro atoms. The Morgan fingerprint density at radius 3 is 1.00 bits per heavy atom. The van der Waals surface area contributed by atoms with E-state index < -0.39 is 131 Å². The molecule has 0 heterocycles. The van der Waals surface area contributed by atoms with Crippen molar-refractivity contribution in [1.82, 2.24) is 0 Å². The van der Waals surface area contributed by atoms with E-state index in [2.05, 4.69) is 64.2 Å². The SMILES string of the molecule is C=CC(=O)OCCC(F)(F)OC(F)(F)C(COCC(F)(F)COC(=O)C=C)(COCC(F)(F)COC(=O)C=C)C(F)(F)OC(F)(F)CCOC(=O)C=C.[CH3-]. The molecule has 0 aliphatic rings. The summed E-state index contributed by atoms with van der Waals surface area (Å²) in [6.45, 7) is -5.67. The molecule has 24 heteroatoms. The zero-order valence-electron chi connectivity index (χ0n) is 28.1. The summed E-state index contributed by atoms with van der Waals surface area (Å²) >= 11 is 0. The van der Waals surface area contributed by atoms with Crippen molar-refractivity contribution in [3.8, 4) is 0 Å². The molecule has 12 nitrogen and oxygen atoms in total. The van der Waals surface area contributed by atoms with E-state index in [9.17, 15) is 54.3 Å². The lowest BCUT2D eigenvalue weighted by atomic mass is 9.86.